The first-order chi connectivity index (χ1) is 8.03. The van der Waals surface area contributed by atoms with E-state index in [1.54, 1.807) is 0 Å². The van der Waals surface area contributed by atoms with Gasteiger partial charge in [0.2, 0.25) is 5.92 Å². The number of Topliss-reactive ketones (excluding diaryl/α,β-unsaturated/α-hetero) is 1. The van der Waals surface area contributed by atoms with Crippen molar-refractivity contribution >= 4 is 5.78 Å². The molecule has 0 heterocycles. The van der Waals surface area contributed by atoms with Crippen LogP contribution in [0.1, 0.15) is 10.4 Å². The second-order valence-electron chi connectivity index (χ2n) is 3.39. The molecule has 1 nitrogen and oxygen atoms in total. The lowest BCUT2D eigenvalue weighted by Gasteiger charge is -2.21. The molecule has 0 bridgehead atoms. The standard InChI is InChI=1S/C10H5F7O/c11-6-3-1-2-5(4-6)7(18)8(9(12,13)14)10(15,16)17/h1-4,8H. The second kappa shape index (κ2) is 4.58. The number of benzene rings is 1. The van der Waals surface area contributed by atoms with Crippen molar-refractivity contribution in [1.29, 1.82) is 0 Å². The van der Waals surface area contributed by atoms with E-state index >= 15 is 0 Å². The van der Waals surface area contributed by atoms with Gasteiger partial charge in [-0.1, -0.05) is 12.1 Å². The molecule has 0 saturated heterocycles. The highest BCUT2D eigenvalue weighted by Crippen LogP contribution is 2.41. The first-order valence-corrected chi connectivity index (χ1v) is 4.46. The molecular formula is C10H5F7O. The smallest absolute Gasteiger partial charge is 0.293 e. The fourth-order valence-corrected chi connectivity index (χ4v) is 1.29. The van der Waals surface area contributed by atoms with Crippen LogP contribution in [0.2, 0.25) is 0 Å². The number of ketones is 1. The number of hydrogen-bond donors (Lipinski definition) is 0. The number of rotatable bonds is 2. The molecular weight excluding hydrogens is 269 g/mol. The Morgan fingerprint density at radius 3 is 1.89 bits per heavy atom. The fourth-order valence-electron chi connectivity index (χ4n) is 1.29. The number of halogens is 7. The Labute approximate surface area is 96.2 Å². The maximum Gasteiger partial charge on any atom is 0.407 e. The van der Waals surface area contributed by atoms with Crippen molar-refractivity contribution in [3.8, 4) is 0 Å². The van der Waals surface area contributed by atoms with Crippen molar-refractivity contribution in [2.45, 2.75) is 12.4 Å². The van der Waals surface area contributed by atoms with Crippen molar-refractivity contribution in [2.75, 3.05) is 0 Å². The fraction of sp³-hybridized carbons (Fsp3) is 0.300. The van der Waals surface area contributed by atoms with Crippen LogP contribution in [-0.4, -0.2) is 18.1 Å². The van der Waals surface area contributed by atoms with Gasteiger partial charge in [0.05, 0.1) is 0 Å². The molecule has 0 fully saturated rings. The average Bonchev–Trinajstić information content (AvgIpc) is 2.12. The third-order valence-electron chi connectivity index (χ3n) is 2.03. The van der Waals surface area contributed by atoms with Crippen molar-refractivity contribution in [2.24, 2.45) is 5.92 Å². The molecule has 0 atom stereocenters. The van der Waals surface area contributed by atoms with E-state index in [4.69, 9.17) is 0 Å². The molecule has 0 saturated carbocycles. The summed E-state index contributed by atoms with van der Waals surface area (Å²) in [6, 6.07) is 2.67. The Morgan fingerprint density at radius 2 is 1.50 bits per heavy atom. The van der Waals surface area contributed by atoms with Gasteiger partial charge in [-0.15, -0.1) is 0 Å². The second-order valence-corrected chi connectivity index (χ2v) is 3.39. The predicted octanol–water partition coefficient (Wildman–Crippen LogP) is 3.75. The molecule has 8 heteroatoms. The third kappa shape index (κ3) is 3.21. The third-order valence-corrected chi connectivity index (χ3v) is 2.03. The molecule has 0 aliphatic heterocycles. The summed E-state index contributed by atoms with van der Waals surface area (Å²) < 4.78 is 86.0. The van der Waals surface area contributed by atoms with Gasteiger partial charge in [-0.05, 0) is 12.1 Å². The normalized spacial score (nSPS) is 12.9. The zero-order chi connectivity index (χ0) is 14.1. The average molecular weight is 274 g/mol. The minimum Gasteiger partial charge on any atom is -0.293 e. The molecule has 0 spiro atoms. The van der Waals surface area contributed by atoms with Crippen LogP contribution in [0, 0.1) is 11.7 Å². The van der Waals surface area contributed by atoms with Crippen LogP contribution in [0.5, 0.6) is 0 Å². The van der Waals surface area contributed by atoms with Crippen LogP contribution < -0.4 is 0 Å². The monoisotopic (exact) mass is 274 g/mol. The Morgan fingerprint density at radius 1 is 1.00 bits per heavy atom. The molecule has 1 aromatic carbocycles. The van der Waals surface area contributed by atoms with Gasteiger partial charge < -0.3 is 0 Å². The van der Waals surface area contributed by atoms with Gasteiger partial charge in [-0.25, -0.2) is 4.39 Å². The quantitative estimate of drug-likeness (QED) is 0.593. The van der Waals surface area contributed by atoms with Crippen LogP contribution in [-0.2, 0) is 0 Å². The first kappa shape index (κ1) is 14.5. The molecule has 1 rings (SSSR count). The lowest BCUT2D eigenvalue weighted by molar-refractivity contribution is -0.264. The van der Waals surface area contributed by atoms with Crippen LogP contribution in [0.25, 0.3) is 0 Å². The maximum absolute atomic E-state index is 12.7. The minimum absolute atomic E-state index is 0.326. The number of alkyl halides is 6. The van der Waals surface area contributed by atoms with Crippen molar-refractivity contribution < 1.29 is 35.5 Å². The molecule has 1 aromatic rings. The molecule has 0 aliphatic carbocycles. The maximum atomic E-state index is 12.7. The molecule has 0 aliphatic rings. The Kier molecular flexibility index (Phi) is 3.68. The summed E-state index contributed by atoms with van der Waals surface area (Å²) in [6.45, 7) is 0. The highest BCUT2D eigenvalue weighted by Gasteiger charge is 2.60. The molecule has 0 unspecified atom stereocenters. The summed E-state index contributed by atoms with van der Waals surface area (Å²) >= 11 is 0. The van der Waals surface area contributed by atoms with E-state index in [1.165, 1.54) is 0 Å². The molecule has 18 heavy (non-hydrogen) atoms. The van der Waals surface area contributed by atoms with E-state index in [0.717, 1.165) is 12.1 Å². The summed E-state index contributed by atoms with van der Waals surface area (Å²) in [5.74, 6) is -7.47. The molecule has 0 radical (unpaired) electrons. The lowest BCUT2D eigenvalue weighted by atomic mass is 9.96. The van der Waals surface area contributed by atoms with Gasteiger partial charge in [0.1, 0.15) is 5.82 Å². The number of hydrogen-bond acceptors (Lipinski definition) is 1. The topological polar surface area (TPSA) is 17.1 Å². The Balaban J connectivity index is 3.20. The van der Waals surface area contributed by atoms with E-state index in [2.05, 4.69) is 0 Å². The molecule has 100 valence electrons. The lowest BCUT2D eigenvalue weighted by Crippen LogP contribution is -2.42. The molecule has 0 N–H and O–H groups in total. The highest BCUT2D eigenvalue weighted by atomic mass is 19.4. The van der Waals surface area contributed by atoms with Gasteiger partial charge in [-0.3, -0.25) is 4.79 Å². The largest absolute Gasteiger partial charge is 0.407 e. The number of carbonyl (C=O) groups excluding carboxylic acids is 1. The first-order valence-electron chi connectivity index (χ1n) is 4.46. The zero-order valence-electron chi connectivity index (χ0n) is 8.44. The summed E-state index contributed by atoms with van der Waals surface area (Å²) in [6.07, 6.45) is -11.6. The van der Waals surface area contributed by atoms with Crippen molar-refractivity contribution in [3.05, 3.63) is 35.6 Å². The van der Waals surface area contributed by atoms with E-state index in [0.29, 0.717) is 12.1 Å². The zero-order valence-corrected chi connectivity index (χ0v) is 8.44. The van der Waals surface area contributed by atoms with Crippen LogP contribution in [0.4, 0.5) is 30.7 Å². The van der Waals surface area contributed by atoms with Gasteiger partial charge in [0.15, 0.2) is 5.78 Å². The number of carbonyl (C=O) groups is 1. The van der Waals surface area contributed by atoms with Crippen LogP contribution in [0.15, 0.2) is 24.3 Å². The van der Waals surface area contributed by atoms with Crippen molar-refractivity contribution in [3.63, 3.8) is 0 Å². The van der Waals surface area contributed by atoms with Gasteiger partial charge in [0.25, 0.3) is 0 Å². The van der Waals surface area contributed by atoms with Gasteiger partial charge in [-0.2, -0.15) is 26.3 Å². The SMILES string of the molecule is O=C(c1cccc(F)c1)C(C(F)(F)F)C(F)(F)F. The van der Waals surface area contributed by atoms with Crippen molar-refractivity contribution in [1.82, 2.24) is 0 Å². The van der Waals surface area contributed by atoms with E-state index in [9.17, 15) is 35.5 Å². The Bertz CT molecular complexity index is 432. The van der Waals surface area contributed by atoms with E-state index in [1.807, 2.05) is 0 Å². The molecule has 0 amide bonds. The highest BCUT2D eigenvalue weighted by molar-refractivity contribution is 5.98. The summed E-state index contributed by atoms with van der Waals surface area (Å²) in [5, 5.41) is 0. The Hall–Kier alpha value is -1.60. The van der Waals surface area contributed by atoms with E-state index < -0.39 is 35.4 Å². The van der Waals surface area contributed by atoms with Crippen LogP contribution >= 0.6 is 0 Å². The van der Waals surface area contributed by atoms with Gasteiger partial charge >= 0.3 is 12.4 Å². The molecule has 0 aromatic heterocycles. The van der Waals surface area contributed by atoms with E-state index in [-0.39, 0.29) is 0 Å². The summed E-state index contributed by atoms with van der Waals surface area (Å²) in [5.41, 5.74) is -0.977. The predicted molar refractivity (Wildman–Crippen MR) is 46.3 cm³/mol. The summed E-state index contributed by atoms with van der Waals surface area (Å²) in [4.78, 5) is 11.2. The van der Waals surface area contributed by atoms with Gasteiger partial charge in [0, 0.05) is 5.56 Å². The summed E-state index contributed by atoms with van der Waals surface area (Å²) in [7, 11) is 0. The van der Waals surface area contributed by atoms with Crippen LogP contribution in [0.3, 0.4) is 0 Å². The minimum atomic E-state index is -5.78.